The highest BCUT2D eigenvalue weighted by molar-refractivity contribution is 5.94. The molecule has 1 rings (SSSR count). The molecule has 5 heteroatoms. The number of nitrogens with zero attached hydrogens (tertiary/aromatic N) is 1. The fraction of sp³-hybridized carbons (Fsp3) is 0.364. The summed E-state index contributed by atoms with van der Waals surface area (Å²) in [5.74, 6) is -1.50. The zero-order valence-corrected chi connectivity index (χ0v) is 9.23. The summed E-state index contributed by atoms with van der Waals surface area (Å²) in [5, 5.41) is 11.2. The van der Waals surface area contributed by atoms with Crippen LogP contribution in [0.25, 0.3) is 0 Å². The smallest absolute Gasteiger partial charge is 0.326 e. The lowest BCUT2D eigenvalue weighted by atomic mass is 10.2. The standard InChI is InChI=1S/C11H14N2O3/c1-3-8(11(15)16)13-10(14)9-6-4-5-7(2)12-9/h4-6,8H,3H2,1-2H3,(H,13,14)(H,15,16)/t8-/m1/s1. The summed E-state index contributed by atoms with van der Waals surface area (Å²) in [6.45, 7) is 3.47. The minimum atomic E-state index is -1.04. The van der Waals surface area contributed by atoms with Gasteiger partial charge >= 0.3 is 5.97 Å². The van der Waals surface area contributed by atoms with Gasteiger partial charge in [0.15, 0.2) is 0 Å². The topological polar surface area (TPSA) is 79.3 Å². The van der Waals surface area contributed by atoms with Gasteiger partial charge in [0.2, 0.25) is 0 Å². The van der Waals surface area contributed by atoms with Gasteiger partial charge in [0, 0.05) is 5.69 Å². The molecule has 0 spiro atoms. The van der Waals surface area contributed by atoms with Crippen LogP contribution in [0.3, 0.4) is 0 Å². The summed E-state index contributed by atoms with van der Waals surface area (Å²) in [6, 6.07) is 4.16. The molecule has 0 unspecified atom stereocenters. The second kappa shape index (κ2) is 5.25. The minimum Gasteiger partial charge on any atom is -0.480 e. The number of rotatable bonds is 4. The second-order valence-corrected chi connectivity index (χ2v) is 3.44. The summed E-state index contributed by atoms with van der Waals surface area (Å²) in [6.07, 6.45) is 0.340. The molecule has 0 saturated heterocycles. The number of hydrogen-bond donors (Lipinski definition) is 2. The summed E-state index contributed by atoms with van der Waals surface area (Å²) in [4.78, 5) is 26.4. The highest BCUT2D eigenvalue weighted by atomic mass is 16.4. The number of amides is 1. The van der Waals surface area contributed by atoms with Crippen LogP contribution in [-0.4, -0.2) is 28.0 Å². The molecule has 1 heterocycles. The highest BCUT2D eigenvalue weighted by Gasteiger charge is 2.18. The van der Waals surface area contributed by atoms with E-state index < -0.39 is 17.9 Å². The molecule has 0 saturated carbocycles. The Labute approximate surface area is 93.5 Å². The maximum Gasteiger partial charge on any atom is 0.326 e. The Morgan fingerprint density at radius 2 is 2.19 bits per heavy atom. The van der Waals surface area contributed by atoms with Crippen molar-refractivity contribution in [3.8, 4) is 0 Å². The Morgan fingerprint density at radius 3 is 2.69 bits per heavy atom. The summed E-state index contributed by atoms with van der Waals surface area (Å²) >= 11 is 0. The van der Waals surface area contributed by atoms with Gasteiger partial charge in [0.05, 0.1) is 0 Å². The summed E-state index contributed by atoms with van der Waals surface area (Å²) in [5.41, 5.74) is 0.954. The molecule has 1 amide bonds. The van der Waals surface area contributed by atoms with Gasteiger partial charge in [-0.25, -0.2) is 9.78 Å². The zero-order chi connectivity index (χ0) is 12.1. The Kier molecular flexibility index (Phi) is 3.99. The molecule has 0 aromatic carbocycles. The minimum absolute atomic E-state index is 0.236. The van der Waals surface area contributed by atoms with Crippen LogP contribution in [-0.2, 0) is 4.79 Å². The van der Waals surface area contributed by atoms with Gasteiger partial charge in [-0.1, -0.05) is 13.0 Å². The van der Waals surface area contributed by atoms with Crippen LogP contribution in [0.15, 0.2) is 18.2 Å². The molecule has 0 radical (unpaired) electrons. The van der Waals surface area contributed by atoms with Gasteiger partial charge in [-0.15, -0.1) is 0 Å². The van der Waals surface area contributed by atoms with E-state index in [2.05, 4.69) is 10.3 Å². The van der Waals surface area contributed by atoms with Crippen molar-refractivity contribution in [1.82, 2.24) is 10.3 Å². The lowest BCUT2D eigenvalue weighted by Crippen LogP contribution is -2.40. The van der Waals surface area contributed by atoms with Gasteiger partial charge in [-0.3, -0.25) is 4.79 Å². The van der Waals surface area contributed by atoms with Gasteiger partial charge < -0.3 is 10.4 Å². The van der Waals surface area contributed by atoms with Crippen molar-refractivity contribution in [3.05, 3.63) is 29.6 Å². The number of carbonyl (C=O) groups excluding carboxylic acids is 1. The molecule has 86 valence electrons. The van der Waals surface area contributed by atoms with Crippen LogP contribution in [0.4, 0.5) is 0 Å². The van der Waals surface area contributed by atoms with Crippen molar-refractivity contribution in [1.29, 1.82) is 0 Å². The molecule has 5 nitrogen and oxygen atoms in total. The monoisotopic (exact) mass is 222 g/mol. The lowest BCUT2D eigenvalue weighted by molar-refractivity contribution is -0.139. The SMILES string of the molecule is CC[C@@H](NC(=O)c1cccc(C)n1)C(=O)O. The quantitative estimate of drug-likeness (QED) is 0.796. The third-order valence-electron chi connectivity index (χ3n) is 2.13. The first-order valence-corrected chi connectivity index (χ1v) is 5.02. The van der Waals surface area contributed by atoms with Crippen LogP contribution in [0.1, 0.15) is 29.5 Å². The average molecular weight is 222 g/mol. The number of carboxylic acid groups (broad SMARTS) is 1. The molecule has 0 aliphatic carbocycles. The molecule has 0 aliphatic heterocycles. The van der Waals surface area contributed by atoms with Gasteiger partial charge in [-0.2, -0.15) is 0 Å². The molecule has 0 bridgehead atoms. The van der Waals surface area contributed by atoms with Crippen molar-refractivity contribution in [2.45, 2.75) is 26.3 Å². The van der Waals surface area contributed by atoms with Crippen molar-refractivity contribution in [3.63, 3.8) is 0 Å². The van der Waals surface area contributed by atoms with Crippen molar-refractivity contribution >= 4 is 11.9 Å². The molecule has 1 aromatic heterocycles. The number of hydrogen-bond acceptors (Lipinski definition) is 3. The van der Waals surface area contributed by atoms with Crippen LogP contribution in [0.5, 0.6) is 0 Å². The van der Waals surface area contributed by atoms with E-state index in [-0.39, 0.29) is 5.69 Å². The maximum absolute atomic E-state index is 11.6. The van der Waals surface area contributed by atoms with Gasteiger partial charge in [0.25, 0.3) is 5.91 Å². The molecule has 1 atom stereocenters. The number of aryl methyl sites for hydroxylation is 1. The first-order chi connectivity index (χ1) is 7.54. The Hall–Kier alpha value is -1.91. The molecular weight excluding hydrogens is 208 g/mol. The average Bonchev–Trinajstić information content (AvgIpc) is 2.25. The van der Waals surface area contributed by atoms with E-state index in [1.807, 2.05) is 0 Å². The second-order valence-electron chi connectivity index (χ2n) is 3.44. The van der Waals surface area contributed by atoms with Crippen LogP contribution in [0.2, 0.25) is 0 Å². The Morgan fingerprint density at radius 1 is 1.50 bits per heavy atom. The maximum atomic E-state index is 11.6. The van der Waals surface area contributed by atoms with Crippen molar-refractivity contribution < 1.29 is 14.7 Å². The fourth-order valence-electron chi connectivity index (χ4n) is 1.24. The van der Waals surface area contributed by atoms with E-state index in [0.717, 1.165) is 5.69 Å². The Balaban J connectivity index is 2.75. The van der Waals surface area contributed by atoms with Crippen molar-refractivity contribution in [2.75, 3.05) is 0 Å². The van der Waals surface area contributed by atoms with E-state index in [9.17, 15) is 9.59 Å². The predicted octanol–water partition coefficient (Wildman–Crippen LogP) is 0.983. The number of nitrogens with one attached hydrogen (secondary N) is 1. The zero-order valence-electron chi connectivity index (χ0n) is 9.23. The number of aliphatic carboxylic acids is 1. The van der Waals surface area contributed by atoms with E-state index in [0.29, 0.717) is 6.42 Å². The van der Waals surface area contributed by atoms with E-state index >= 15 is 0 Å². The normalized spacial score (nSPS) is 11.9. The van der Waals surface area contributed by atoms with Gasteiger partial charge in [-0.05, 0) is 25.5 Å². The van der Waals surface area contributed by atoms with Crippen LogP contribution in [0, 0.1) is 6.92 Å². The van der Waals surface area contributed by atoms with Crippen LogP contribution < -0.4 is 5.32 Å². The highest BCUT2D eigenvalue weighted by Crippen LogP contribution is 2.00. The number of pyridine rings is 1. The van der Waals surface area contributed by atoms with E-state index in [1.54, 1.807) is 32.0 Å². The molecule has 16 heavy (non-hydrogen) atoms. The van der Waals surface area contributed by atoms with Gasteiger partial charge in [0.1, 0.15) is 11.7 Å². The molecule has 0 fully saturated rings. The number of carboxylic acids is 1. The first-order valence-electron chi connectivity index (χ1n) is 5.02. The Bertz CT molecular complexity index is 404. The third-order valence-corrected chi connectivity index (χ3v) is 2.13. The lowest BCUT2D eigenvalue weighted by Gasteiger charge is -2.11. The first kappa shape index (κ1) is 12.2. The number of aromatic nitrogens is 1. The van der Waals surface area contributed by atoms with E-state index in [1.165, 1.54) is 0 Å². The molecular formula is C11H14N2O3. The van der Waals surface area contributed by atoms with E-state index in [4.69, 9.17) is 5.11 Å². The van der Waals surface area contributed by atoms with Crippen molar-refractivity contribution in [2.24, 2.45) is 0 Å². The van der Waals surface area contributed by atoms with Crippen LogP contribution >= 0.6 is 0 Å². The molecule has 0 aliphatic rings. The third kappa shape index (κ3) is 3.05. The molecule has 2 N–H and O–H groups in total. The molecule has 1 aromatic rings. The largest absolute Gasteiger partial charge is 0.480 e. The fourth-order valence-corrected chi connectivity index (χ4v) is 1.24. The summed E-state index contributed by atoms with van der Waals surface area (Å²) in [7, 11) is 0. The summed E-state index contributed by atoms with van der Waals surface area (Å²) < 4.78 is 0. The number of carbonyl (C=O) groups is 2. The predicted molar refractivity (Wildman–Crippen MR) is 58.2 cm³/mol.